The van der Waals surface area contributed by atoms with Crippen molar-refractivity contribution in [3.63, 3.8) is 0 Å². The molecule has 29 heavy (non-hydrogen) atoms. The Morgan fingerprint density at radius 2 is 1.97 bits per heavy atom. The Morgan fingerprint density at radius 3 is 2.66 bits per heavy atom. The Morgan fingerprint density at radius 1 is 1.21 bits per heavy atom. The molecule has 2 heterocycles. The highest BCUT2D eigenvalue weighted by molar-refractivity contribution is 7.89. The van der Waals surface area contributed by atoms with Gasteiger partial charge >= 0.3 is 0 Å². The highest BCUT2D eigenvalue weighted by Gasteiger charge is 2.25. The predicted molar refractivity (Wildman–Crippen MR) is 112 cm³/mol. The number of ether oxygens (including phenoxy) is 1. The summed E-state index contributed by atoms with van der Waals surface area (Å²) >= 11 is 0. The van der Waals surface area contributed by atoms with Crippen LogP contribution in [0.15, 0.2) is 51.8 Å². The van der Waals surface area contributed by atoms with E-state index in [1.165, 1.54) is 0 Å². The molecule has 1 saturated heterocycles. The highest BCUT2D eigenvalue weighted by Crippen LogP contribution is 2.26. The van der Waals surface area contributed by atoms with Gasteiger partial charge in [-0.2, -0.15) is 4.98 Å². The summed E-state index contributed by atoms with van der Waals surface area (Å²) in [5.41, 5.74) is 2.31. The number of nitrogens with zero attached hydrogens (tertiary/aromatic N) is 2. The zero-order valence-electron chi connectivity index (χ0n) is 16.6. The molecule has 1 aliphatic rings. The van der Waals surface area contributed by atoms with Crippen LogP contribution in [0.25, 0.3) is 11.1 Å². The van der Waals surface area contributed by atoms with Crippen LogP contribution in [-0.2, 0) is 10.0 Å². The largest absolute Gasteiger partial charge is 0.497 e. The standard InChI is InChI=1S/C21H25N3O4S/c1-15-13-17(27-2)7-8-20(15)29(25,26)22-14-16-9-11-24(12-10-16)21-23-18-5-3-4-6-19(18)28-21/h3-8,13,16,22H,9-12,14H2,1-2H3. The number of methoxy groups -OCH3 is 1. The Balaban J connectivity index is 1.35. The first kappa shape index (κ1) is 19.7. The van der Waals surface area contributed by atoms with Gasteiger partial charge in [0.05, 0.1) is 12.0 Å². The summed E-state index contributed by atoms with van der Waals surface area (Å²) in [4.78, 5) is 6.97. The van der Waals surface area contributed by atoms with Gasteiger partial charge in [-0.05, 0) is 61.6 Å². The summed E-state index contributed by atoms with van der Waals surface area (Å²) in [6.07, 6.45) is 1.76. The molecule has 2 aromatic carbocycles. The minimum atomic E-state index is -3.55. The van der Waals surface area contributed by atoms with Crippen LogP contribution in [0.2, 0.25) is 0 Å². The first-order valence-electron chi connectivity index (χ1n) is 9.71. The van der Waals surface area contributed by atoms with Crippen molar-refractivity contribution in [3.8, 4) is 5.75 Å². The molecule has 8 heteroatoms. The molecule has 3 aromatic rings. The van der Waals surface area contributed by atoms with Crippen molar-refractivity contribution in [1.29, 1.82) is 0 Å². The van der Waals surface area contributed by atoms with Crippen molar-refractivity contribution in [3.05, 3.63) is 48.0 Å². The quantitative estimate of drug-likeness (QED) is 0.665. The lowest BCUT2D eigenvalue weighted by atomic mass is 9.97. The molecule has 1 aliphatic heterocycles. The molecule has 7 nitrogen and oxygen atoms in total. The monoisotopic (exact) mass is 415 g/mol. The molecule has 0 bridgehead atoms. The number of anilines is 1. The number of aryl methyl sites for hydroxylation is 1. The lowest BCUT2D eigenvalue weighted by Crippen LogP contribution is -2.38. The number of piperidine rings is 1. The Bertz CT molecular complexity index is 1070. The smallest absolute Gasteiger partial charge is 0.298 e. The van der Waals surface area contributed by atoms with Crippen LogP contribution >= 0.6 is 0 Å². The number of benzene rings is 2. The zero-order chi connectivity index (χ0) is 20.4. The van der Waals surface area contributed by atoms with Gasteiger partial charge < -0.3 is 14.1 Å². The van der Waals surface area contributed by atoms with Crippen LogP contribution < -0.4 is 14.4 Å². The lowest BCUT2D eigenvalue weighted by molar-refractivity contribution is 0.387. The summed E-state index contributed by atoms with van der Waals surface area (Å²) in [6.45, 7) is 3.78. The van der Waals surface area contributed by atoms with E-state index in [1.807, 2.05) is 24.3 Å². The van der Waals surface area contributed by atoms with Crippen LogP contribution in [0.5, 0.6) is 5.75 Å². The maximum atomic E-state index is 12.7. The molecule has 1 fully saturated rings. The fraction of sp³-hybridized carbons (Fsp3) is 0.381. The molecule has 4 rings (SSSR count). The topological polar surface area (TPSA) is 84.7 Å². The molecular formula is C21H25N3O4S. The fourth-order valence-electron chi connectivity index (χ4n) is 3.68. The summed E-state index contributed by atoms with van der Waals surface area (Å²) in [5.74, 6) is 0.928. The number of rotatable bonds is 6. The molecule has 0 atom stereocenters. The van der Waals surface area contributed by atoms with E-state index < -0.39 is 10.0 Å². The third kappa shape index (κ3) is 4.23. The first-order chi connectivity index (χ1) is 14.0. The van der Waals surface area contributed by atoms with E-state index in [4.69, 9.17) is 9.15 Å². The van der Waals surface area contributed by atoms with E-state index in [-0.39, 0.29) is 5.92 Å². The number of hydrogen-bond donors (Lipinski definition) is 1. The summed E-state index contributed by atoms with van der Waals surface area (Å²) in [5, 5.41) is 0. The van der Waals surface area contributed by atoms with Crippen molar-refractivity contribution >= 4 is 27.1 Å². The van der Waals surface area contributed by atoms with Crippen molar-refractivity contribution in [2.45, 2.75) is 24.7 Å². The Hall–Kier alpha value is -2.58. The van der Waals surface area contributed by atoms with Crippen LogP contribution in [0.1, 0.15) is 18.4 Å². The van der Waals surface area contributed by atoms with E-state index in [2.05, 4.69) is 14.6 Å². The Kier molecular flexibility index (Phi) is 5.47. The third-order valence-corrected chi connectivity index (χ3v) is 6.99. The maximum absolute atomic E-state index is 12.7. The minimum Gasteiger partial charge on any atom is -0.497 e. The molecule has 1 N–H and O–H groups in total. The summed E-state index contributed by atoms with van der Waals surface area (Å²) in [7, 11) is -1.98. The molecule has 0 amide bonds. The molecule has 0 spiro atoms. The number of hydrogen-bond acceptors (Lipinski definition) is 6. The molecule has 0 aliphatic carbocycles. The minimum absolute atomic E-state index is 0.281. The summed E-state index contributed by atoms with van der Waals surface area (Å²) in [6, 6.07) is 13.3. The normalized spacial score (nSPS) is 15.7. The number of sulfonamides is 1. The molecule has 154 valence electrons. The number of nitrogens with one attached hydrogen (secondary N) is 1. The zero-order valence-corrected chi connectivity index (χ0v) is 17.4. The van der Waals surface area contributed by atoms with Gasteiger partial charge in [-0.1, -0.05) is 12.1 Å². The SMILES string of the molecule is COc1ccc(S(=O)(=O)NCC2CCN(c3nc4ccccc4o3)CC2)c(C)c1. The van der Waals surface area contributed by atoms with Crippen molar-refractivity contribution in [2.75, 3.05) is 31.6 Å². The predicted octanol–water partition coefficient (Wildman–Crippen LogP) is 3.34. The number of oxazole rings is 1. The molecule has 0 radical (unpaired) electrons. The summed E-state index contributed by atoms with van der Waals surface area (Å²) < 4.78 is 39.2. The van der Waals surface area contributed by atoms with E-state index >= 15 is 0 Å². The van der Waals surface area contributed by atoms with Crippen LogP contribution in [0.4, 0.5) is 6.01 Å². The highest BCUT2D eigenvalue weighted by atomic mass is 32.2. The van der Waals surface area contributed by atoms with Crippen molar-refractivity contribution in [1.82, 2.24) is 9.71 Å². The average molecular weight is 416 g/mol. The molecule has 1 aromatic heterocycles. The van der Waals surface area contributed by atoms with Gasteiger partial charge in [0.1, 0.15) is 11.3 Å². The van der Waals surface area contributed by atoms with E-state index in [0.29, 0.717) is 28.8 Å². The van der Waals surface area contributed by atoms with Gasteiger partial charge in [0.25, 0.3) is 6.01 Å². The van der Waals surface area contributed by atoms with Gasteiger partial charge in [-0.3, -0.25) is 0 Å². The van der Waals surface area contributed by atoms with Gasteiger partial charge in [-0.25, -0.2) is 13.1 Å². The molecule has 0 saturated carbocycles. The number of aromatic nitrogens is 1. The molecular weight excluding hydrogens is 390 g/mol. The van der Waals surface area contributed by atoms with Gasteiger partial charge in [0.15, 0.2) is 5.58 Å². The van der Waals surface area contributed by atoms with Crippen molar-refractivity contribution < 1.29 is 17.6 Å². The van der Waals surface area contributed by atoms with E-state index in [9.17, 15) is 8.42 Å². The van der Waals surface area contributed by atoms with Gasteiger partial charge in [-0.15, -0.1) is 0 Å². The Labute approximate surface area is 170 Å². The van der Waals surface area contributed by atoms with E-state index in [0.717, 1.165) is 37.0 Å². The second kappa shape index (κ2) is 8.04. The average Bonchev–Trinajstić information content (AvgIpc) is 3.16. The number of fused-ring (bicyclic) bond motifs is 1. The van der Waals surface area contributed by atoms with Gasteiger partial charge in [0, 0.05) is 19.6 Å². The lowest BCUT2D eigenvalue weighted by Gasteiger charge is -2.30. The van der Waals surface area contributed by atoms with E-state index in [1.54, 1.807) is 32.2 Å². The second-order valence-corrected chi connectivity index (χ2v) is 9.11. The third-order valence-electron chi connectivity index (χ3n) is 5.40. The van der Waals surface area contributed by atoms with Crippen LogP contribution in [0.3, 0.4) is 0 Å². The molecule has 0 unspecified atom stereocenters. The van der Waals surface area contributed by atoms with Crippen LogP contribution in [0, 0.1) is 12.8 Å². The second-order valence-electron chi connectivity index (χ2n) is 7.38. The maximum Gasteiger partial charge on any atom is 0.298 e. The number of para-hydroxylation sites is 2. The first-order valence-corrected chi connectivity index (χ1v) is 11.2. The van der Waals surface area contributed by atoms with Crippen LogP contribution in [-0.4, -0.2) is 40.1 Å². The fourth-order valence-corrected chi connectivity index (χ4v) is 5.02. The van der Waals surface area contributed by atoms with Crippen molar-refractivity contribution in [2.24, 2.45) is 5.92 Å². The van der Waals surface area contributed by atoms with Gasteiger partial charge in [0.2, 0.25) is 10.0 Å².